The smallest absolute Gasteiger partial charge is 0.347 e. The second kappa shape index (κ2) is 11.5. The van der Waals surface area contributed by atoms with Crippen LogP contribution in [0, 0.1) is 6.92 Å². The SMILES string of the molecule is Cc1oc(-c2ccc(-c3ccccc3)cc2)nc1CCOc1ccc(OC(C)(C)C(=O)O)c(-c2ccccc2)c1. The normalized spacial score (nSPS) is 11.3. The number of aromatic nitrogens is 1. The summed E-state index contributed by atoms with van der Waals surface area (Å²) in [4.78, 5) is 16.4. The maximum Gasteiger partial charge on any atom is 0.347 e. The molecule has 0 aliphatic rings. The van der Waals surface area contributed by atoms with Crippen LogP contribution in [0.5, 0.6) is 11.5 Å². The lowest BCUT2D eigenvalue weighted by Gasteiger charge is -2.24. The molecular formula is C34H31NO5. The standard InChI is InChI=1S/C34H31NO5/c1-23-30(35-32(39-23)27-16-14-25(15-17-27)24-10-6-4-7-11-24)20-21-38-28-18-19-31(40-34(2,3)33(36)37)29(22-28)26-12-8-5-9-13-26/h4-19,22H,20-21H2,1-3H3,(H,36,37). The number of oxazole rings is 1. The van der Waals surface area contributed by atoms with E-state index in [2.05, 4.69) is 24.3 Å². The minimum Gasteiger partial charge on any atom is -0.493 e. The van der Waals surface area contributed by atoms with E-state index in [0.29, 0.717) is 30.4 Å². The Morgan fingerprint density at radius 2 is 1.43 bits per heavy atom. The maximum absolute atomic E-state index is 11.6. The highest BCUT2D eigenvalue weighted by Gasteiger charge is 2.30. The topological polar surface area (TPSA) is 81.8 Å². The van der Waals surface area contributed by atoms with Gasteiger partial charge >= 0.3 is 5.97 Å². The number of rotatable bonds is 10. The van der Waals surface area contributed by atoms with Gasteiger partial charge in [-0.2, -0.15) is 0 Å². The van der Waals surface area contributed by atoms with Gasteiger partial charge in [0.25, 0.3) is 0 Å². The summed E-state index contributed by atoms with van der Waals surface area (Å²) in [6.07, 6.45) is 0.572. The monoisotopic (exact) mass is 533 g/mol. The van der Waals surface area contributed by atoms with Crippen molar-refractivity contribution >= 4 is 5.97 Å². The van der Waals surface area contributed by atoms with Crippen LogP contribution in [0.4, 0.5) is 0 Å². The van der Waals surface area contributed by atoms with Gasteiger partial charge in [0.05, 0.1) is 12.3 Å². The molecule has 5 rings (SSSR count). The summed E-state index contributed by atoms with van der Waals surface area (Å²) < 4.78 is 18.0. The zero-order valence-corrected chi connectivity index (χ0v) is 22.8. The highest BCUT2D eigenvalue weighted by atomic mass is 16.5. The lowest BCUT2D eigenvalue weighted by molar-refractivity contribution is -0.152. The number of benzene rings is 4. The van der Waals surface area contributed by atoms with Crippen molar-refractivity contribution in [3.8, 4) is 45.2 Å². The molecule has 1 N–H and O–H groups in total. The number of carboxylic acid groups (broad SMARTS) is 1. The lowest BCUT2D eigenvalue weighted by Crippen LogP contribution is -2.38. The van der Waals surface area contributed by atoms with Crippen LogP contribution < -0.4 is 9.47 Å². The predicted octanol–water partition coefficient (Wildman–Crippen LogP) is 7.85. The number of nitrogens with zero attached hydrogens (tertiary/aromatic N) is 1. The van der Waals surface area contributed by atoms with Gasteiger partial charge in [-0.3, -0.25) is 0 Å². The number of aliphatic carboxylic acids is 1. The molecule has 0 spiro atoms. The van der Waals surface area contributed by atoms with Gasteiger partial charge in [-0.1, -0.05) is 72.8 Å². The van der Waals surface area contributed by atoms with Gasteiger partial charge in [-0.25, -0.2) is 9.78 Å². The van der Waals surface area contributed by atoms with E-state index in [1.165, 1.54) is 13.8 Å². The van der Waals surface area contributed by atoms with Crippen molar-refractivity contribution < 1.29 is 23.8 Å². The highest BCUT2D eigenvalue weighted by Crippen LogP contribution is 2.36. The van der Waals surface area contributed by atoms with E-state index in [1.54, 1.807) is 12.1 Å². The first-order valence-corrected chi connectivity index (χ1v) is 13.2. The van der Waals surface area contributed by atoms with Crippen LogP contribution in [0.15, 0.2) is 108 Å². The number of carboxylic acids is 1. The zero-order valence-electron chi connectivity index (χ0n) is 22.8. The summed E-state index contributed by atoms with van der Waals surface area (Å²) in [6.45, 7) is 5.37. The average molecular weight is 534 g/mol. The third-order valence-electron chi connectivity index (χ3n) is 6.66. The number of ether oxygens (including phenoxy) is 2. The zero-order chi connectivity index (χ0) is 28.1. The Morgan fingerprint density at radius 1 is 0.825 bits per heavy atom. The molecule has 40 heavy (non-hydrogen) atoms. The summed E-state index contributed by atoms with van der Waals surface area (Å²) >= 11 is 0. The summed E-state index contributed by atoms with van der Waals surface area (Å²) in [7, 11) is 0. The van der Waals surface area contributed by atoms with Gasteiger partial charge in [0.2, 0.25) is 5.89 Å². The van der Waals surface area contributed by atoms with Crippen LogP contribution in [-0.4, -0.2) is 28.3 Å². The summed E-state index contributed by atoms with van der Waals surface area (Å²) in [5, 5.41) is 9.54. The van der Waals surface area contributed by atoms with Crippen molar-refractivity contribution in [2.45, 2.75) is 32.8 Å². The molecule has 4 aromatic carbocycles. The van der Waals surface area contributed by atoms with Crippen molar-refractivity contribution in [1.82, 2.24) is 4.98 Å². The largest absolute Gasteiger partial charge is 0.493 e. The van der Waals surface area contributed by atoms with Crippen LogP contribution in [0.1, 0.15) is 25.3 Å². The molecule has 0 amide bonds. The first kappa shape index (κ1) is 26.8. The van der Waals surface area contributed by atoms with E-state index in [-0.39, 0.29) is 0 Å². The molecule has 0 fully saturated rings. The molecule has 6 heteroatoms. The van der Waals surface area contributed by atoms with Crippen molar-refractivity contribution in [2.24, 2.45) is 0 Å². The Morgan fingerprint density at radius 3 is 2.08 bits per heavy atom. The Kier molecular flexibility index (Phi) is 7.69. The third kappa shape index (κ3) is 6.07. The van der Waals surface area contributed by atoms with E-state index < -0.39 is 11.6 Å². The first-order valence-electron chi connectivity index (χ1n) is 13.2. The number of carbonyl (C=O) groups is 1. The maximum atomic E-state index is 11.6. The fourth-order valence-corrected chi connectivity index (χ4v) is 4.33. The quantitative estimate of drug-likeness (QED) is 0.197. The van der Waals surface area contributed by atoms with Crippen molar-refractivity contribution in [2.75, 3.05) is 6.61 Å². The van der Waals surface area contributed by atoms with E-state index in [0.717, 1.165) is 39.3 Å². The molecule has 1 aromatic heterocycles. The minimum absolute atomic E-state index is 0.398. The molecule has 1 heterocycles. The third-order valence-corrected chi connectivity index (χ3v) is 6.66. The minimum atomic E-state index is -1.38. The molecule has 0 saturated carbocycles. The summed E-state index contributed by atoms with van der Waals surface area (Å²) in [6, 6.07) is 33.5. The summed E-state index contributed by atoms with van der Waals surface area (Å²) in [5.41, 5.74) is 4.34. The fraction of sp³-hybridized carbons (Fsp3) is 0.176. The molecule has 0 atom stereocenters. The average Bonchev–Trinajstić information content (AvgIpc) is 3.34. The number of hydrogen-bond acceptors (Lipinski definition) is 5. The molecule has 5 aromatic rings. The van der Waals surface area contributed by atoms with Crippen LogP contribution in [0.2, 0.25) is 0 Å². The molecule has 0 unspecified atom stereocenters. The van der Waals surface area contributed by atoms with Crippen molar-refractivity contribution in [3.05, 3.63) is 115 Å². The molecule has 0 aliphatic carbocycles. The second-order valence-corrected chi connectivity index (χ2v) is 10.0. The van der Waals surface area contributed by atoms with Crippen LogP contribution in [-0.2, 0) is 11.2 Å². The molecule has 0 radical (unpaired) electrons. The Bertz CT molecular complexity index is 1590. The second-order valence-electron chi connectivity index (χ2n) is 10.0. The highest BCUT2D eigenvalue weighted by molar-refractivity contribution is 5.78. The van der Waals surface area contributed by atoms with Gasteiger partial charge in [-0.05, 0) is 67.8 Å². The molecule has 0 aliphatic heterocycles. The Labute approximate surface area is 233 Å². The van der Waals surface area contributed by atoms with Crippen LogP contribution >= 0.6 is 0 Å². The Hall–Kier alpha value is -4.84. The predicted molar refractivity (Wildman–Crippen MR) is 156 cm³/mol. The van der Waals surface area contributed by atoms with E-state index in [1.807, 2.05) is 73.7 Å². The Balaban J connectivity index is 1.28. The van der Waals surface area contributed by atoms with Gasteiger partial charge in [0.1, 0.15) is 17.3 Å². The summed E-state index contributed by atoms with van der Waals surface area (Å²) in [5.74, 6) is 1.43. The van der Waals surface area contributed by atoms with Gasteiger partial charge < -0.3 is 19.0 Å². The van der Waals surface area contributed by atoms with Gasteiger partial charge in [0.15, 0.2) is 5.60 Å². The van der Waals surface area contributed by atoms with Gasteiger partial charge in [-0.15, -0.1) is 0 Å². The van der Waals surface area contributed by atoms with E-state index in [9.17, 15) is 9.90 Å². The molecule has 202 valence electrons. The molecule has 6 nitrogen and oxygen atoms in total. The molecule has 0 saturated heterocycles. The molecular weight excluding hydrogens is 502 g/mol. The lowest BCUT2D eigenvalue weighted by atomic mass is 10.0. The molecule has 0 bridgehead atoms. The van der Waals surface area contributed by atoms with E-state index >= 15 is 0 Å². The number of aryl methyl sites for hydroxylation is 1. The van der Waals surface area contributed by atoms with Crippen LogP contribution in [0.25, 0.3) is 33.7 Å². The van der Waals surface area contributed by atoms with Gasteiger partial charge in [0, 0.05) is 17.5 Å². The fourth-order valence-electron chi connectivity index (χ4n) is 4.33. The first-order chi connectivity index (χ1) is 19.3. The van der Waals surface area contributed by atoms with Crippen LogP contribution in [0.3, 0.4) is 0 Å². The van der Waals surface area contributed by atoms with E-state index in [4.69, 9.17) is 18.9 Å². The van der Waals surface area contributed by atoms with Crippen molar-refractivity contribution in [3.63, 3.8) is 0 Å². The van der Waals surface area contributed by atoms with Crippen molar-refractivity contribution in [1.29, 1.82) is 0 Å². The number of hydrogen-bond donors (Lipinski definition) is 1.